The van der Waals surface area contributed by atoms with E-state index in [0.29, 0.717) is 11.4 Å². The molecule has 0 atom stereocenters. The van der Waals surface area contributed by atoms with Crippen molar-refractivity contribution in [3.8, 4) is 11.6 Å². The van der Waals surface area contributed by atoms with Gasteiger partial charge in [-0.2, -0.15) is 9.67 Å². The van der Waals surface area contributed by atoms with Gasteiger partial charge in [0, 0.05) is 23.2 Å². The molecule has 3 aromatic rings. The lowest BCUT2D eigenvalue weighted by molar-refractivity contribution is -0.577. The number of aryl methyl sites for hydroxylation is 3. The first-order chi connectivity index (χ1) is 15.6. The van der Waals surface area contributed by atoms with Crippen LogP contribution < -0.4 is 9.67 Å². The van der Waals surface area contributed by atoms with Gasteiger partial charge in [0.25, 0.3) is 11.6 Å². The van der Waals surface area contributed by atoms with E-state index in [1.54, 1.807) is 23.9 Å². The zero-order valence-electron chi connectivity index (χ0n) is 19.2. The van der Waals surface area contributed by atoms with Gasteiger partial charge in [0.15, 0.2) is 12.4 Å². The molecule has 1 aromatic carbocycles. The van der Waals surface area contributed by atoms with Crippen molar-refractivity contribution in [3.05, 3.63) is 70.9 Å². The second-order valence-electron chi connectivity index (χ2n) is 8.79. The number of aromatic nitrogens is 3. The van der Waals surface area contributed by atoms with Crippen LogP contribution in [0, 0.1) is 32.5 Å². The maximum atomic E-state index is 13.5. The maximum absolute atomic E-state index is 13.5. The topological polar surface area (TPSA) is 82.1 Å². The molecule has 0 saturated heterocycles. The molecule has 7 nitrogen and oxygen atoms in total. The molecule has 0 fully saturated rings. The van der Waals surface area contributed by atoms with E-state index < -0.39 is 23.5 Å². The maximum Gasteiger partial charge on any atom is 0.326 e. The van der Waals surface area contributed by atoms with Crippen LogP contribution in [0.1, 0.15) is 36.2 Å². The molecule has 33 heavy (non-hydrogen) atoms. The molecule has 0 saturated carbocycles. The van der Waals surface area contributed by atoms with Crippen LogP contribution in [0.15, 0.2) is 42.7 Å². The average molecular weight is 448 g/mol. The van der Waals surface area contributed by atoms with Crippen molar-refractivity contribution in [1.29, 1.82) is 0 Å². The first kappa shape index (κ1) is 22.4. The van der Waals surface area contributed by atoms with Crippen molar-refractivity contribution >= 4 is 23.1 Å². The molecule has 8 heteroatoms. The minimum absolute atomic E-state index is 0.0338. The van der Waals surface area contributed by atoms with Crippen LogP contribution in [-0.2, 0) is 9.59 Å². The molecule has 3 heterocycles. The highest BCUT2D eigenvalue weighted by Crippen LogP contribution is 2.36. The van der Waals surface area contributed by atoms with Crippen molar-refractivity contribution in [3.63, 3.8) is 0 Å². The second kappa shape index (κ2) is 8.27. The van der Waals surface area contributed by atoms with Crippen LogP contribution in [0.25, 0.3) is 17.0 Å². The minimum atomic E-state index is -0.538. The van der Waals surface area contributed by atoms with Crippen LogP contribution >= 0.6 is 0 Å². The van der Waals surface area contributed by atoms with Crippen LogP contribution in [0.3, 0.4) is 0 Å². The molecule has 1 aliphatic heterocycles. The predicted molar refractivity (Wildman–Crippen MR) is 118 cm³/mol. The normalized spacial score (nSPS) is 14.2. The Balaban J connectivity index is 1.97. The summed E-state index contributed by atoms with van der Waals surface area (Å²) in [4.78, 5) is 28.1. The van der Waals surface area contributed by atoms with Crippen LogP contribution in [0.4, 0.5) is 4.39 Å². The SMILES string of the molecule is Cc1cc(C)c[n+](C2=C(c3c(C)nn(-c4ccc(F)cc4)c3[O-])C(=O)N(CC(C)C)C2=O)c1. The van der Waals surface area contributed by atoms with Gasteiger partial charge in [-0.25, -0.2) is 9.07 Å². The quantitative estimate of drug-likeness (QED) is 0.444. The number of hydrogen-bond donors (Lipinski definition) is 0. The smallest absolute Gasteiger partial charge is 0.326 e. The molecule has 170 valence electrons. The molecule has 2 amide bonds. The molecule has 0 aliphatic carbocycles. The lowest BCUT2D eigenvalue weighted by Crippen LogP contribution is -2.41. The molecule has 2 aromatic heterocycles. The van der Waals surface area contributed by atoms with E-state index in [4.69, 9.17) is 0 Å². The summed E-state index contributed by atoms with van der Waals surface area (Å²) in [6, 6.07) is 7.30. The van der Waals surface area contributed by atoms with Crippen LogP contribution in [-0.4, -0.2) is 33.0 Å². The lowest BCUT2D eigenvalue weighted by atomic mass is 10.0. The number of carbonyl (C=O) groups excluding carboxylic acids is 2. The van der Waals surface area contributed by atoms with Crippen molar-refractivity contribution in [1.82, 2.24) is 14.7 Å². The first-order valence-electron chi connectivity index (χ1n) is 10.7. The van der Waals surface area contributed by atoms with Gasteiger partial charge < -0.3 is 5.11 Å². The van der Waals surface area contributed by atoms with Gasteiger partial charge in [-0.15, -0.1) is 0 Å². The van der Waals surface area contributed by atoms with Gasteiger partial charge >= 0.3 is 5.91 Å². The van der Waals surface area contributed by atoms with E-state index in [1.165, 1.54) is 29.2 Å². The average Bonchev–Trinajstić information content (AvgIpc) is 3.14. The lowest BCUT2D eigenvalue weighted by Gasteiger charge is -2.17. The zero-order valence-corrected chi connectivity index (χ0v) is 19.2. The fourth-order valence-corrected chi connectivity index (χ4v) is 4.15. The Bertz CT molecular complexity index is 1290. The van der Waals surface area contributed by atoms with E-state index in [1.807, 2.05) is 33.8 Å². The molecular formula is C25H25FN4O3. The van der Waals surface area contributed by atoms with E-state index >= 15 is 0 Å². The highest BCUT2D eigenvalue weighted by molar-refractivity contribution is 6.44. The van der Waals surface area contributed by atoms with Gasteiger partial charge in [0.1, 0.15) is 11.4 Å². The monoisotopic (exact) mass is 448 g/mol. The van der Waals surface area contributed by atoms with E-state index in [-0.39, 0.29) is 29.3 Å². The minimum Gasteiger partial charge on any atom is -0.858 e. The number of halogens is 1. The number of pyridine rings is 1. The van der Waals surface area contributed by atoms with Crippen molar-refractivity contribution in [2.75, 3.05) is 6.54 Å². The highest BCUT2D eigenvalue weighted by atomic mass is 19.1. The number of amides is 2. The summed E-state index contributed by atoms with van der Waals surface area (Å²) in [5.74, 6) is -1.89. The Morgan fingerprint density at radius 3 is 2.21 bits per heavy atom. The van der Waals surface area contributed by atoms with Crippen LogP contribution in [0.2, 0.25) is 0 Å². The van der Waals surface area contributed by atoms with Gasteiger partial charge in [0.05, 0.1) is 11.4 Å². The number of imide groups is 1. The summed E-state index contributed by atoms with van der Waals surface area (Å²) in [5, 5.41) is 17.8. The van der Waals surface area contributed by atoms with E-state index in [2.05, 4.69) is 5.10 Å². The van der Waals surface area contributed by atoms with Crippen molar-refractivity contribution < 1.29 is 23.7 Å². The summed E-state index contributed by atoms with van der Waals surface area (Å²) >= 11 is 0. The van der Waals surface area contributed by atoms with Crippen LogP contribution in [0.5, 0.6) is 5.88 Å². The largest absolute Gasteiger partial charge is 0.858 e. The van der Waals surface area contributed by atoms with Gasteiger partial charge in [-0.1, -0.05) is 13.8 Å². The molecule has 0 spiro atoms. The molecule has 0 N–H and O–H groups in total. The van der Waals surface area contributed by atoms with Crippen molar-refractivity contribution in [2.24, 2.45) is 5.92 Å². The summed E-state index contributed by atoms with van der Waals surface area (Å²) in [6.07, 6.45) is 3.52. The Morgan fingerprint density at radius 1 is 1.03 bits per heavy atom. The Hall–Kier alpha value is -3.81. The van der Waals surface area contributed by atoms with E-state index in [0.717, 1.165) is 15.8 Å². The standard InChI is InChI=1S/C25H25FN4O3/c1-14(2)11-29-23(31)21(22(25(29)33)28-12-15(3)10-16(4)13-28)20-17(5)27-30(24(20)32)19-8-6-18(26)7-9-19/h6-10,12-14H,11H2,1-5H3. The Labute approximate surface area is 191 Å². The Kier molecular flexibility index (Phi) is 5.61. The fourth-order valence-electron chi connectivity index (χ4n) is 4.15. The fraction of sp³-hybridized carbons (Fsp3) is 0.280. The third-order valence-electron chi connectivity index (χ3n) is 5.43. The number of nitrogens with zero attached hydrogens (tertiary/aromatic N) is 4. The molecule has 1 aliphatic rings. The third-order valence-corrected chi connectivity index (χ3v) is 5.43. The highest BCUT2D eigenvalue weighted by Gasteiger charge is 2.46. The summed E-state index contributed by atoms with van der Waals surface area (Å²) in [5.41, 5.74) is 2.74. The summed E-state index contributed by atoms with van der Waals surface area (Å²) in [6.45, 7) is 9.48. The first-order valence-corrected chi connectivity index (χ1v) is 10.7. The molecule has 0 bridgehead atoms. The summed E-state index contributed by atoms with van der Waals surface area (Å²) in [7, 11) is 0. The van der Waals surface area contributed by atoms with Gasteiger partial charge in [-0.3, -0.25) is 14.5 Å². The van der Waals surface area contributed by atoms with Gasteiger partial charge in [0.2, 0.25) is 0 Å². The molecule has 0 unspecified atom stereocenters. The number of hydrogen-bond acceptors (Lipinski definition) is 4. The second-order valence-corrected chi connectivity index (χ2v) is 8.79. The van der Waals surface area contributed by atoms with Crippen molar-refractivity contribution in [2.45, 2.75) is 34.6 Å². The number of rotatable bonds is 5. The summed E-state index contributed by atoms with van der Waals surface area (Å²) < 4.78 is 16.1. The number of carbonyl (C=O) groups is 2. The van der Waals surface area contributed by atoms with Gasteiger partial charge in [-0.05, 0) is 62.9 Å². The molecule has 0 radical (unpaired) electrons. The Morgan fingerprint density at radius 2 is 1.64 bits per heavy atom. The molecule has 4 rings (SSSR count). The number of benzene rings is 1. The predicted octanol–water partition coefficient (Wildman–Crippen LogP) is 2.69. The molecular weight excluding hydrogens is 423 g/mol. The third kappa shape index (κ3) is 3.92. The zero-order chi connectivity index (χ0) is 24.0. The van der Waals surface area contributed by atoms with E-state index in [9.17, 15) is 19.1 Å².